The molecule has 124 valence electrons. The summed E-state index contributed by atoms with van der Waals surface area (Å²) in [4.78, 5) is 10.8. The van der Waals surface area contributed by atoms with Gasteiger partial charge in [-0.3, -0.25) is 0 Å². The van der Waals surface area contributed by atoms with Crippen LogP contribution in [-0.4, -0.2) is 78.5 Å². The molecule has 0 aromatic carbocycles. The van der Waals surface area contributed by atoms with Crippen molar-refractivity contribution in [3.05, 3.63) is 0 Å². The molecule has 9 nitrogen and oxygen atoms in total. The highest BCUT2D eigenvalue weighted by atomic mass is 16.7. The number of carbonyl (C=O) groups excluding carboxylic acids is 1. The van der Waals surface area contributed by atoms with Gasteiger partial charge >= 0.3 is 6.09 Å². The Bertz CT molecular complexity index is 316. The third-order valence-electron chi connectivity index (χ3n) is 2.93. The van der Waals surface area contributed by atoms with Gasteiger partial charge in [-0.25, -0.2) is 4.79 Å². The highest BCUT2D eigenvalue weighted by Gasteiger charge is 2.47. The molecule has 0 aromatic rings. The number of carbonyl (C=O) groups is 1. The Hall–Kier alpha value is -0.970. The van der Waals surface area contributed by atoms with E-state index < -0.39 is 43.4 Å². The van der Waals surface area contributed by atoms with Crippen molar-refractivity contribution in [1.82, 2.24) is 0 Å². The lowest BCUT2D eigenvalue weighted by Gasteiger charge is -2.40. The number of primary amides is 1. The zero-order chi connectivity index (χ0) is 15.8. The van der Waals surface area contributed by atoms with Gasteiger partial charge < -0.3 is 40.0 Å². The van der Waals surface area contributed by atoms with Crippen molar-refractivity contribution in [3.8, 4) is 0 Å². The number of hydrogen-bond acceptors (Lipinski definition) is 8. The third kappa shape index (κ3) is 5.38. The summed E-state index contributed by atoms with van der Waals surface area (Å²) >= 11 is 0. The van der Waals surface area contributed by atoms with Crippen LogP contribution in [0, 0.1) is 0 Å². The van der Waals surface area contributed by atoms with E-state index in [1.54, 1.807) is 0 Å². The van der Waals surface area contributed by atoms with Crippen molar-refractivity contribution in [2.45, 2.75) is 44.1 Å². The molecule has 5 atom stereocenters. The van der Waals surface area contributed by atoms with Crippen LogP contribution in [0.1, 0.15) is 13.3 Å². The third-order valence-corrected chi connectivity index (χ3v) is 2.93. The Morgan fingerprint density at radius 2 is 1.95 bits per heavy atom. The van der Waals surface area contributed by atoms with Crippen LogP contribution < -0.4 is 5.73 Å². The van der Waals surface area contributed by atoms with E-state index in [1.165, 1.54) is 0 Å². The van der Waals surface area contributed by atoms with Crippen molar-refractivity contribution in [2.75, 3.05) is 26.4 Å². The maximum absolute atomic E-state index is 10.8. The van der Waals surface area contributed by atoms with Crippen LogP contribution in [-0.2, 0) is 18.9 Å². The smallest absolute Gasteiger partial charge is 0.404 e. The summed E-state index contributed by atoms with van der Waals surface area (Å²) in [5, 5.41) is 29.0. The first-order chi connectivity index (χ1) is 10.0. The molecule has 1 rings (SSSR count). The van der Waals surface area contributed by atoms with E-state index in [0.717, 1.165) is 6.42 Å². The summed E-state index contributed by atoms with van der Waals surface area (Å²) < 4.78 is 20.4. The molecule has 0 bridgehead atoms. The van der Waals surface area contributed by atoms with Crippen LogP contribution in [0.2, 0.25) is 0 Å². The van der Waals surface area contributed by atoms with Gasteiger partial charge in [0.15, 0.2) is 12.4 Å². The lowest BCUT2D eigenvalue weighted by molar-refractivity contribution is -0.301. The van der Waals surface area contributed by atoms with Gasteiger partial charge in [0, 0.05) is 6.61 Å². The number of hydrogen-bond donors (Lipinski definition) is 4. The minimum absolute atomic E-state index is 0.138. The zero-order valence-electron chi connectivity index (χ0n) is 11.9. The fraction of sp³-hybridized carbons (Fsp3) is 0.917. The molecule has 1 saturated heterocycles. The predicted octanol–water partition coefficient (Wildman–Crippen LogP) is -1.67. The van der Waals surface area contributed by atoms with Gasteiger partial charge in [0.1, 0.15) is 18.3 Å². The lowest BCUT2D eigenvalue weighted by atomic mass is 9.99. The number of rotatable bonds is 8. The minimum Gasteiger partial charge on any atom is -0.441 e. The van der Waals surface area contributed by atoms with E-state index in [-0.39, 0.29) is 6.61 Å². The van der Waals surface area contributed by atoms with Gasteiger partial charge in [-0.15, -0.1) is 0 Å². The van der Waals surface area contributed by atoms with Crippen molar-refractivity contribution in [1.29, 1.82) is 0 Å². The Morgan fingerprint density at radius 1 is 1.24 bits per heavy atom. The summed E-state index contributed by atoms with van der Waals surface area (Å²) in [5.41, 5.74) is 4.89. The van der Waals surface area contributed by atoms with Gasteiger partial charge in [-0.05, 0) is 6.42 Å². The molecule has 1 heterocycles. The molecule has 9 heteroatoms. The molecule has 0 saturated carbocycles. The fourth-order valence-electron chi connectivity index (χ4n) is 1.93. The van der Waals surface area contributed by atoms with Crippen molar-refractivity contribution < 1.29 is 39.1 Å². The maximum Gasteiger partial charge on any atom is 0.404 e. The normalized spacial score (nSPS) is 32.9. The average Bonchev–Trinajstić information content (AvgIpc) is 2.45. The SMILES string of the molecule is CCCOCCO[C@H]1O[C@H](CO)[C@@H](O)[C@H](OC(N)=O)[C@@H]1O. The van der Waals surface area contributed by atoms with Gasteiger partial charge in [-0.2, -0.15) is 0 Å². The Kier molecular flexibility index (Phi) is 7.86. The monoisotopic (exact) mass is 309 g/mol. The van der Waals surface area contributed by atoms with Crippen LogP contribution in [0.3, 0.4) is 0 Å². The first kappa shape index (κ1) is 18.1. The Labute approximate surface area is 122 Å². The number of nitrogens with two attached hydrogens (primary N) is 1. The molecule has 0 aliphatic carbocycles. The summed E-state index contributed by atoms with van der Waals surface area (Å²) in [6, 6.07) is 0. The second-order valence-electron chi connectivity index (χ2n) is 4.59. The Balaban J connectivity index is 2.55. The average molecular weight is 309 g/mol. The van der Waals surface area contributed by atoms with Crippen molar-refractivity contribution in [3.63, 3.8) is 0 Å². The van der Waals surface area contributed by atoms with Crippen LogP contribution in [0.4, 0.5) is 4.79 Å². The summed E-state index contributed by atoms with van der Waals surface area (Å²) in [6.45, 7) is 2.46. The van der Waals surface area contributed by atoms with E-state index in [0.29, 0.717) is 13.2 Å². The van der Waals surface area contributed by atoms with Crippen LogP contribution >= 0.6 is 0 Å². The number of aliphatic hydroxyl groups is 3. The largest absolute Gasteiger partial charge is 0.441 e. The molecular formula is C12H23NO8. The standard InChI is InChI=1S/C12H23NO8/c1-2-3-18-4-5-19-11-9(16)10(21-12(13)17)8(15)7(6-14)20-11/h7-11,14-16H,2-6H2,1H3,(H2,13,17)/t7-,8-,9+,10+,11+/m1/s1. The second-order valence-corrected chi connectivity index (χ2v) is 4.59. The summed E-state index contributed by atoms with van der Waals surface area (Å²) in [5.74, 6) is 0. The maximum atomic E-state index is 10.8. The highest BCUT2D eigenvalue weighted by Crippen LogP contribution is 2.24. The van der Waals surface area contributed by atoms with Crippen LogP contribution in [0.5, 0.6) is 0 Å². The predicted molar refractivity (Wildman–Crippen MR) is 69.3 cm³/mol. The van der Waals surface area contributed by atoms with Gasteiger partial charge in [-0.1, -0.05) is 6.92 Å². The lowest BCUT2D eigenvalue weighted by Crippen LogP contribution is -2.60. The molecular weight excluding hydrogens is 286 g/mol. The quantitative estimate of drug-likeness (QED) is 0.390. The first-order valence-electron chi connectivity index (χ1n) is 6.79. The van der Waals surface area contributed by atoms with Gasteiger partial charge in [0.2, 0.25) is 0 Å². The minimum atomic E-state index is -1.43. The fourth-order valence-corrected chi connectivity index (χ4v) is 1.93. The molecule has 1 fully saturated rings. The number of amides is 1. The molecule has 0 radical (unpaired) electrons. The topological polar surface area (TPSA) is 141 Å². The molecule has 0 aromatic heterocycles. The van der Waals surface area contributed by atoms with E-state index in [1.807, 2.05) is 6.92 Å². The van der Waals surface area contributed by atoms with Gasteiger partial charge in [0.05, 0.1) is 19.8 Å². The van der Waals surface area contributed by atoms with Crippen molar-refractivity contribution >= 4 is 6.09 Å². The molecule has 1 aliphatic rings. The van der Waals surface area contributed by atoms with E-state index >= 15 is 0 Å². The first-order valence-corrected chi connectivity index (χ1v) is 6.79. The van der Waals surface area contributed by atoms with E-state index in [9.17, 15) is 15.0 Å². The zero-order valence-corrected chi connectivity index (χ0v) is 11.9. The van der Waals surface area contributed by atoms with Crippen LogP contribution in [0.15, 0.2) is 0 Å². The van der Waals surface area contributed by atoms with Crippen LogP contribution in [0.25, 0.3) is 0 Å². The molecule has 1 amide bonds. The number of aliphatic hydroxyl groups excluding tert-OH is 3. The molecule has 1 aliphatic heterocycles. The molecule has 0 spiro atoms. The Morgan fingerprint density at radius 3 is 2.52 bits per heavy atom. The summed E-state index contributed by atoms with van der Waals surface area (Å²) in [7, 11) is 0. The number of ether oxygens (including phenoxy) is 4. The molecule has 21 heavy (non-hydrogen) atoms. The molecule has 0 unspecified atom stereocenters. The van der Waals surface area contributed by atoms with Gasteiger partial charge in [0.25, 0.3) is 0 Å². The van der Waals surface area contributed by atoms with E-state index in [2.05, 4.69) is 4.74 Å². The van der Waals surface area contributed by atoms with Crippen molar-refractivity contribution in [2.24, 2.45) is 5.73 Å². The highest BCUT2D eigenvalue weighted by molar-refractivity contribution is 5.65. The summed E-state index contributed by atoms with van der Waals surface area (Å²) in [6.07, 6.45) is -6.68. The molecule has 5 N–H and O–H groups in total. The second kappa shape index (κ2) is 9.13. The van der Waals surface area contributed by atoms with E-state index in [4.69, 9.17) is 25.1 Å².